The highest BCUT2D eigenvalue weighted by Gasteiger charge is 2.00. The summed E-state index contributed by atoms with van der Waals surface area (Å²) in [6.07, 6.45) is 1.74. The summed E-state index contributed by atoms with van der Waals surface area (Å²) in [5.41, 5.74) is 7.25. The molecule has 3 nitrogen and oxygen atoms in total. The molecule has 88 valence electrons. The molecule has 0 fully saturated rings. The Morgan fingerprint density at radius 2 is 1.94 bits per heavy atom. The van der Waals surface area contributed by atoms with E-state index in [1.165, 1.54) is 0 Å². The number of ether oxygens (including phenoxy) is 1. The van der Waals surface area contributed by atoms with Gasteiger partial charge in [-0.05, 0) is 40.2 Å². The van der Waals surface area contributed by atoms with Crippen LogP contribution < -0.4 is 10.5 Å². The number of nitrogens with two attached hydrogens (primary N) is 1. The van der Waals surface area contributed by atoms with Gasteiger partial charge in [0.05, 0.1) is 5.69 Å². The quantitative estimate of drug-likeness (QED) is 0.850. The Morgan fingerprint density at radius 1 is 1.12 bits per heavy atom. The third kappa shape index (κ3) is 3.71. The Balaban J connectivity index is 2.04. The van der Waals surface area contributed by atoms with Crippen LogP contribution in [-0.4, -0.2) is 4.98 Å². The summed E-state index contributed by atoms with van der Waals surface area (Å²) < 4.78 is 7.46. The van der Waals surface area contributed by atoms with Crippen LogP contribution in [0.25, 0.3) is 0 Å². The van der Waals surface area contributed by atoms with Crippen molar-refractivity contribution in [3.05, 3.63) is 51.2 Å². The third-order valence-electron chi connectivity index (χ3n) is 2.07. The normalized spacial score (nSPS) is 10.2. The highest BCUT2D eigenvalue weighted by atomic mass is 79.9. The minimum absolute atomic E-state index is 0.420. The Hall–Kier alpha value is -1.07. The number of pyridine rings is 1. The average Bonchev–Trinajstić information content (AvgIpc) is 2.27. The van der Waals surface area contributed by atoms with Crippen molar-refractivity contribution in [3.8, 4) is 5.75 Å². The molecular weight excluding hydrogens is 348 g/mol. The second-order valence-electron chi connectivity index (χ2n) is 3.48. The lowest BCUT2D eigenvalue weighted by atomic mass is 10.3. The summed E-state index contributed by atoms with van der Waals surface area (Å²) in [6.45, 7) is 0.420. The second-order valence-corrected chi connectivity index (χ2v) is 5.31. The van der Waals surface area contributed by atoms with Gasteiger partial charge < -0.3 is 10.5 Å². The van der Waals surface area contributed by atoms with E-state index in [0.717, 1.165) is 20.4 Å². The topological polar surface area (TPSA) is 48.1 Å². The average molecular weight is 358 g/mol. The van der Waals surface area contributed by atoms with Crippen molar-refractivity contribution in [2.75, 3.05) is 5.73 Å². The number of benzene rings is 1. The van der Waals surface area contributed by atoms with Crippen LogP contribution in [0.4, 0.5) is 5.69 Å². The maximum Gasteiger partial charge on any atom is 0.130 e. The molecule has 2 rings (SSSR count). The fourth-order valence-corrected chi connectivity index (χ4v) is 2.04. The van der Waals surface area contributed by atoms with Crippen LogP contribution in [-0.2, 0) is 6.61 Å². The van der Waals surface area contributed by atoms with E-state index in [-0.39, 0.29) is 0 Å². The van der Waals surface area contributed by atoms with Gasteiger partial charge >= 0.3 is 0 Å². The van der Waals surface area contributed by atoms with Gasteiger partial charge in [-0.3, -0.25) is 4.98 Å². The van der Waals surface area contributed by atoms with Crippen molar-refractivity contribution in [2.24, 2.45) is 0 Å². The number of halogens is 2. The molecule has 1 heterocycles. The largest absolute Gasteiger partial charge is 0.487 e. The highest BCUT2D eigenvalue weighted by Crippen LogP contribution is 2.23. The standard InChI is InChI=1S/C12H10Br2N2O/c13-8-1-2-11(16-6-8)7-17-12-4-9(14)3-10(15)5-12/h1-6H,7,15H2. The lowest BCUT2D eigenvalue weighted by Gasteiger charge is -2.07. The molecule has 0 bridgehead atoms. The molecule has 0 unspecified atom stereocenters. The fraction of sp³-hybridized carbons (Fsp3) is 0.0833. The first-order valence-electron chi connectivity index (χ1n) is 4.93. The number of nitrogens with zero attached hydrogens (tertiary/aromatic N) is 1. The van der Waals surface area contributed by atoms with Crippen molar-refractivity contribution in [2.45, 2.75) is 6.61 Å². The molecular formula is C12H10Br2N2O. The van der Waals surface area contributed by atoms with Crippen molar-refractivity contribution in [3.63, 3.8) is 0 Å². The molecule has 2 aromatic rings. The van der Waals surface area contributed by atoms with Crippen LogP contribution in [0.2, 0.25) is 0 Å². The molecule has 0 spiro atoms. The molecule has 1 aromatic carbocycles. The molecule has 1 aromatic heterocycles. The van der Waals surface area contributed by atoms with Gasteiger partial charge in [0.25, 0.3) is 0 Å². The molecule has 0 saturated carbocycles. The molecule has 0 amide bonds. The maximum absolute atomic E-state index is 5.72. The zero-order valence-electron chi connectivity index (χ0n) is 8.86. The first-order valence-corrected chi connectivity index (χ1v) is 6.51. The number of rotatable bonds is 3. The monoisotopic (exact) mass is 356 g/mol. The van der Waals surface area contributed by atoms with E-state index in [1.54, 1.807) is 12.3 Å². The Bertz CT molecular complexity index is 494. The molecule has 0 aliphatic heterocycles. The summed E-state index contributed by atoms with van der Waals surface area (Å²) in [5.74, 6) is 0.724. The number of aromatic nitrogens is 1. The summed E-state index contributed by atoms with van der Waals surface area (Å²) in [4.78, 5) is 4.22. The molecule has 17 heavy (non-hydrogen) atoms. The third-order valence-corrected chi connectivity index (χ3v) is 3.00. The number of hydrogen-bond acceptors (Lipinski definition) is 3. The Labute approximate surface area is 116 Å². The van der Waals surface area contributed by atoms with Gasteiger partial charge in [0.2, 0.25) is 0 Å². The summed E-state index contributed by atoms with van der Waals surface area (Å²) in [6, 6.07) is 9.32. The molecule has 0 aliphatic carbocycles. The van der Waals surface area contributed by atoms with E-state index in [1.807, 2.05) is 24.3 Å². The van der Waals surface area contributed by atoms with Gasteiger partial charge in [-0.2, -0.15) is 0 Å². The van der Waals surface area contributed by atoms with E-state index in [0.29, 0.717) is 12.3 Å². The van der Waals surface area contributed by atoms with Gasteiger partial charge in [0.1, 0.15) is 12.4 Å². The fourth-order valence-electron chi connectivity index (χ4n) is 1.32. The van der Waals surface area contributed by atoms with Crippen molar-refractivity contribution in [1.29, 1.82) is 0 Å². The van der Waals surface area contributed by atoms with Crippen LogP contribution in [0.15, 0.2) is 45.5 Å². The van der Waals surface area contributed by atoms with Gasteiger partial charge in [0.15, 0.2) is 0 Å². The van der Waals surface area contributed by atoms with E-state index in [2.05, 4.69) is 36.8 Å². The maximum atomic E-state index is 5.72. The smallest absolute Gasteiger partial charge is 0.130 e. The van der Waals surface area contributed by atoms with E-state index < -0.39 is 0 Å². The highest BCUT2D eigenvalue weighted by molar-refractivity contribution is 9.10. The molecule has 0 radical (unpaired) electrons. The van der Waals surface area contributed by atoms with Gasteiger partial charge in [-0.1, -0.05) is 15.9 Å². The summed E-state index contributed by atoms with van der Waals surface area (Å²) in [7, 11) is 0. The molecule has 0 atom stereocenters. The predicted octanol–water partition coefficient (Wildman–Crippen LogP) is 3.77. The molecule has 5 heteroatoms. The number of anilines is 1. The summed E-state index contributed by atoms with van der Waals surface area (Å²) in [5, 5.41) is 0. The van der Waals surface area contributed by atoms with Gasteiger partial charge in [-0.15, -0.1) is 0 Å². The minimum Gasteiger partial charge on any atom is -0.487 e. The predicted molar refractivity (Wildman–Crippen MR) is 74.8 cm³/mol. The molecule has 2 N–H and O–H groups in total. The van der Waals surface area contributed by atoms with Crippen molar-refractivity contribution in [1.82, 2.24) is 4.98 Å². The van der Waals surface area contributed by atoms with Gasteiger partial charge in [-0.25, -0.2) is 0 Å². The lowest BCUT2D eigenvalue weighted by molar-refractivity contribution is 0.301. The van der Waals surface area contributed by atoms with E-state index >= 15 is 0 Å². The van der Waals surface area contributed by atoms with Crippen molar-refractivity contribution < 1.29 is 4.74 Å². The Morgan fingerprint density at radius 3 is 2.59 bits per heavy atom. The van der Waals surface area contributed by atoms with Crippen LogP contribution in [0, 0.1) is 0 Å². The lowest BCUT2D eigenvalue weighted by Crippen LogP contribution is -1.98. The van der Waals surface area contributed by atoms with Crippen molar-refractivity contribution >= 4 is 37.5 Å². The summed E-state index contributed by atoms with van der Waals surface area (Å²) >= 11 is 6.70. The Kier molecular flexibility index (Phi) is 4.02. The first kappa shape index (κ1) is 12.4. The van der Waals surface area contributed by atoms with Gasteiger partial charge in [0, 0.05) is 26.9 Å². The SMILES string of the molecule is Nc1cc(Br)cc(OCc2ccc(Br)cn2)c1. The van der Waals surface area contributed by atoms with Crippen LogP contribution in [0.5, 0.6) is 5.75 Å². The van der Waals surface area contributed by atoms with Crippen LogP contribution in [0.1, 0.15) is 5.69 Å². The zero-order valence-corrected chi connectivity index (χ0v) is 12.0. The second kappa shape index (κ2) is 5.51. The zero-order chi connectivity index (χ0) is 12.3. The molecule has 0 saturated heterocycles. The van der Waals surface area contributed by atoms with Crippen LogP contribution in [0.3, 0.4) is 0 Å². The van der Waals surface area contributed by atoms with E-state index in [9.17, 15) is 0 Å². The minimum atomic E-state index is 0.420. The van der Waals surface area contributed by atoms with Crippen LogP contribution >= 0.6 is 31.9 Å². The number of nitrogen functional groups attached to an aromatic ring is 1. The molecule has 0 aliphatic rings. The first-order chi connectivity index (χ1) is 8.13. The number of hydrogen-bond donors (Lipinski definition) is 1. The van der Waals surface area contributed by atoms with E-state index in [4.69, 9.17) is 10.5 Å².